The van der Waals surface area contributed by atoms with E-state index in [1.165, 1.54) is 14.2 Å². The molecule has 1 N–H and O–H groups in total. The average molecular weight is 410 g/mol. The van der Waals surface area contributed by atoms with Crippen LogP contribution in [0, 0.1) is 0 Å². The minimum absolute atomic E-state index is 0.258. The Morgan fingerprint density at radius 1 is 1.04 bits per heavy atom. The van der Waals surface area contributed by atoms with Crippen LogP contribution in [-0.4, -0.2) is 31.3 Å². The summed E-state index contributed by atoms with van der Waals surface area (Å²) in [4.78, 5) is 12.7. The predicted octanol–water partition coefficient (Wildman–Crippen LogP) is 5.84. The largest absolute Gasteiger partial charge is 0.507 e. The van der Waals surface area contributed by atoms with Gasteiger partial charge in [-0.05, 0) is 46.6 Å². The van der Waals surface area contributed by atoms with Crippen LogP contribution in [0.25, 0.3) is 6.08 Å². The van der Waals surface area contributed by atoms with E-state index in [2.05, 4.69) is 0 Å². The molecule has 0 fully saturated rings. The summed E-state index contributed by atoms with van der Waals surface area (Å²) in [6, 6.07) is 3.83. The quantitative estimate of drug-likeness (QED) is 0.452. The monoisotopic (exact) mass is 410 g/mol. The lowest BCUT2D eigenvalue weighted by molar-refractivity contribution is -0.113. The number of phenolic OH excluding ortho intramolecular Hbond substituents is 1. The Morgan fingerprint density at radius 2 is 1.46 bits per heavy atom. The highest BCUT2D eigenvalue weighted by molar-refractivity contribution is 7.54. The van der Waals surface area contributed by atoms with Gasteiger partial charge in [-0.1, -0.05) is 48.5 Å². The van der Waals surface area contributed by atoms with Crippen molar-refractivity contribution < 1.29 is 23.5 Å². The Balaban J connectivity index is 3.52. The van der Waals surface area contributed by atoms with Crippen molar-refractivity contribution in [3.05, 3.63) is 34.4 Å². The van der Waals surface area contributed by atoms with Crippen molar-refractivity contribution in [2.45, 2.75) is 65.7 Å². The summed E-state index contributed by atoms with van der Waals surface area (Å²) < 4.78 is 22.1. The summed E-state index contributed by atoms with van der Waals surface area (Å²) in [5, 5.41) is 10.8. The molecule has 0 atom stereocenters. The molecule has 28 heavy (non-hydrogen) atoms. The first-order valence-electron chi connectivity index (χ1n) is 9.50. The standard InChI is InChI=1S/C22H35O5P/c1-10-16(19(23)14-28(25,26-8)27-9)11-15-12-17(21(2,3)4)20(24)18(13-15)22(5,6)7/h11-13,24H,10,14H2,1-9H3. The highest BCUT2D eigenvalue weighted by Gasteiger charge is 2.28. The van der Waals surface area contributed by atoms with Gasteiger partial charge in [0.1, 0.15) is 11.9 Å². The minimum Gasteiger partial charge on any atom is -0.507 e. The Morgan fingerprint density at radius 3 is 1.79 bits per heavy atom. The summed E-state index contributed by atoms with van der Waals surface area (Å²) in [5.41, 5.74) is 2.52. The molecule has 0 bridgehead atoms. The van der Waals surface area contributed by atoms with Gasteiger partial charge in [0.2, 0.25) is 0 Å². The molecule has 1 aromatic carbocycles. The normalized spacial score (nSPS) is 13.7. The van der Waals surface area contributed by atoms with Gasteiger partial charge in [-0.3, -0.25) is 9.36 Å². The van der Waals surface area contributed by atoms with E-state index in [-0.39, 0.29) is 22.8 Å². The summed E-state index contributed by atoms with van der Waals surface area (Å²) in [7, 11) is -0.868. The molecule has 0 amide bonds. The molecular weight excluding hydrogens is 375 g/mol. The number of carbonyl (C=O) groups is 1. The van der Waals surface area contributed by atoms with Crippen LogP contribution in [0.15, 0.2) is 17.7 Å². The van der Waals surface area contributed by atoms with Gasteiger partial charge in [0.15, 0.2) is 5.78 Å². The summed E-state index contributed by atoms with van der Waals surface area (Å²) in [6.45, 7) is 14.1. The maximum absolute atomic E-state index is 12.7. The average Bonchev–Trinajstić information content (AvgIpc) is 2.58. The zero-order valence-electron chi connectivity index (χ0n) is 18.7. The molecule has 0 spiro atoms. The van der Waals surface area contributed by atoms with Crippen LogP contribution in [0.4, 0.5) is 0 Å². The van der Waals surface area contributed by atoms with Crippen molar-refractivity contribution in [1.29, 1.82) is 0 Å². The first kappa shape index (κ1) is 24.6. The van der Waals surface area contributed by atoms with E-state index in [0.717, 1.165) is 16.7 Å². The molecule has 1 rings (SSSR count). The van der Waals surface area contributed by atoms with Crippen molar-refractivity contribution in [3.8, 4) is 5.75 Å². The third-order valence-electron chi connectivity index (χ3n) is 4.72. The molecular formula is C22H35O5P. The SMILES string of the molecule is CCC(=Cc1cc(C(C)(C)C)c(O)c(C(C)(C)C)c1)C(=O)CP(=O)(OC)OC. The second-order valence-corrected chi connectivity index (χ2v) is 11.3. The third kappa shape index (κ3) is 6.04. The van der Waals surface area contributed by atoms with Gasteiger partial charge < -0.3 is 14.2 Å². The van der Waals surface area contributed by atoms with Crippen molar-refractivity contribution in [2.24, 2.45) is 0 Å². The number of rotatable bonds is 7. The van der Waals surface area contributed by atoms with Crippen molar-refractivity contribution in [3.63, 3.8) is 0 Å². The number of ketones is 1. The van der Waals surface area contributed by atoms with E-state index < -0.39 is 7.60 Å². The zero-order valence-corrected chi connectivity index (χ0v) is 19.6. The van der Waals surface area contributed by atoms with Crippen LogP contribution >= 0.6 is 7.60 Å². The topological polar surface area (TPSA) is 72.8 Å². The fourth-order valence-corrected chi connectivity index (χ4v) is 3.91. The molecule has 1 aromatic rings. The minimum atomic E-state index is -3.42. The van der Waals surface area contributed by atoms with Crippen molar-refractivity contribution >= 4 is 19.5 Å². The predicted molar refractivity (Wildman–Crippen MR) is 115 cm³/mol. The molecule has 6 heteroatoms. The fourth-order valence-electron chi connectivity index (χ4n) is 2.95. The van der Waals surface area contributed by atoms with Gasteiger partial charge >= 0.3 is 7.60 Å². The molecule has 0 unspecified atom stereocenters. The summed E-state index contributed by atoms with van der Waals surface area (Å²) in [5.74, 6) is 0.0296. The van der Waals surface area contributed by atoms with Gasteiger partial charge in [0.25, 0.3) is 0 Å². The number of carbonyl (C=O) groups excluding carboxylic acids is 1. The number of hydrogen-bond donors (Lipinski definition) is 1. The number of aromatic hydroxyl groups is 1. The molecule has 0 saturated carbocycles. The van der Waals surface area contributed by atoms with E-state index in [1.807, 2.05) is 66.7 Å². The van der Waals surface area contributed by atoms with Gasteiger partial charge in [-0.15, -0.1) is 0 Å². The van der Waals surface area contributed by atoms with Crippen LogP contribution < -0.4 is 0 Å². The number of allylic oxidation sites excluding steroid dienone is 1. The Labute approximate surface area is 169 Å². The maximum Gasteiger partial charge on any atom is 0.337 e. The maximum atomic E-state index is 12.7. The Kier molecular flexibility index (Phi) is 7.86. The van der Waals surface area contributed by atoms with Crippen LogP contribution in [0.1, 0.15) is 71.6 Å². The van der Waals surface area contributed by atoms with Crippen molar-refractivity contribution in [2.75, 3.05) is 20.4 Å². The molecule has 0 aliphatic heterocycles. The lowest BCUT2D eigenvalue weighted by atomic mass is 9.78. The van der Waals surface area contributed by atoms with Crippen LogP contribution in [0.5, 0.6) is 5.75 Å². The molecule has 0 heterocycles. The van der Waals surface area contributed by atoms with Gasteiger partial charge in [-0.25, -0.2) is 0 Å². The highest BCUT2D eigenvalue weighted by atomic mass is 31.2. The first-order chi connectivity index (χ1) is 12.7. The van der Waals surface area contributed by atoms with E-state index in [0.29, 0.717) is 17.7 Å². The van der Waals surface area contributed by atoms with Gasteiger partial charge in [-0.2, -0.15) is 0 Å². The second-order valence-electron chi connectivity index (χ2n) is 9.05. The van der Waals surface area contributed by atoms with E-state index in [4.69, 9.17) is 9.05 Å². The molecule has 0 saturated heterocycles. The summed E-state index contributed by atoms with van der Waals surface area (Å²) >= 11 is 0. The lowest BCUT2D eigenvalue weighted by Crippen LogP contribution is -2.17. The van der Waals surface area contributed by atoms with Crippen molar-refractivity contribution in [1.82, 2.24) is 0 Å². The third-order valence-corrected chi connectivity index (χ3v) is 6.51. The van der Waals surface area contributed by atoms with Gasteiger partial charge in [0, 0.05) is 25.3 Å². The van der Waals surface area contributed by atoms with Crippen LogP contribution in [0.2, 0.25) is 0 Å². The zero-order chi connectivity index (χ0) is 21.9. The summed E-state index contributed by atoms with van der Waals surface area (Å²) in [6.07, 6.45) is 2.00. The van der Waals surface area contributed by atoms with Crippen LogP contribution in [-0.2, 0) is 29.2 Å². The smallest absolute Gasteiger partial charge is 0.337 e. The molecule has 0 radical (unpaired) electrons. The number of Topliss-reactive ketones (excluding diaryl/α,β-unsaturated/α-hetero) is 1. The molecule has 158 valence electrons. The lowest BCUT2D eigenvalue weighted by Gasteiger charge is -2.28. The second kappa shape index (κ2) is 8.94. The van der Waals surface area contributed by atoms with Crippen LogP contribution in [0.3, 0.4) is 0 Å². The Bertz CT molecular complexity index is 751. The fraction of sp³-hybridized carbons (Fsp3) is 0.591. The molecule has 0 aromatic heterocycles. The Hall–Kier alpha value is -1.42. The molecule has 0 aliphatic carbocycles. The highest BCUT2D eigenvalue weighted by Crippen LogP contribution is 2.47. The van der Waals surface area contributed by atoms with Gasteiger partial charge in [0.05, 0.1) is 0 Å². The first-order valence-corrected chi connectivity index (χ1v) is 11.2. The van der Waals surface area contributed by atoms with E-state index >= 15 is 0 Å². The number of phenols is 1. The molecule has 5 nitrogen and oxygen atoms in total. The molecule has 0 aliphatic rings. The number of benzene rings is 1. The number of hydrogen-bond acceptors (Lipinski definition) is 5. The van der Waals surface area contributed by atoms with E-state index in [9.17, 15) is 14.5 Å². The van der Waals surface area contributed by atoms with E-state index in [1.54, 1.807) is 0 Å².